The highest BCUT2D eigenvalue weighted by Crippen LogP contribution is 2.39. The molecule has 3 rings (SSSR count). The maximum Gasteiger partial charge on any atom is 0.178 e. The van der Waals surface area contributed by atoms with Gasteiger partial charge in [0, 0.05) is 12.1 Å². The highest BCUT2D eigenvalue weighted by molar-refractivity contribution is 7.91. The van der Waals surface area contributed by atoms with Gasteiger partial charge in [-0.05, 0) is 36.3 Å². The second-order valence-electron chi connectivity index (χ2n) is 7.15. The summed E-state index contributed by atoms with van der Waals surface area (Å²) in [5.41, 5.74) is 1.26. The number of hydrogen-bond donors (Lipinski definition) is 1. The molecule has 0 spiro atoms. The predicted molar refractivity (Wildman–Crippen MR) is 85.0 cm³/mol. The summed E-state index contributed by atoms with van der Waals surface area (Å²) in [6, 6.07) is 8.14. The Morgan fingerprint density at radius 1 is 1.14 bits per heavy atom. The maximum atomic E-state index is 12.2. The van der Waals surface area contributed by atoms with Gasteiger partial charge in [-0.3, -0.25) is 0 Å². The molecule has 1 fully saturated rings. The van der Waals surface area contributed by atoms with Crippen LogP contribution in [0, 0.1) is 5.41 Å². The highest BCUT2D eigenvalue weighted by atomic mass is 32.2. The summed E-state index contributed by atoms with van der Waals surface area (Å²) in [6.07, 6.45) is 5.70. The lowest BCUT2D eigenvalue weighted by molar-refractivity contribution is 0.153. The molecule has 4 heteroatoms. The normalized spacial score (nSPS) is 30.6. The summed E-state index contributed by atoms with van der Waals surface area (Å²) >= 11 is 0. The third-order valence-corrected chi connectivity index (χ3v) is 7.03. The van der Waals surface area contributed by atoms with Crippen LogP contribution in [0.5, 0.6) is 0 Å². The van der Waals surface area contributed by atoms with Gasteiger partial charge in [-0.2, -0.15) is 0 Å². The Morgan fingerprint density at radius 2 is 1.90 bits per heavy atom. The van der Waals surface area contributed by atoms with Crippen LogP contribution in [0.25, 0.3) is 0 Å². The predicted octanol–water partition coefficient (Wildman–Crippen LogP) is 3.46. The van der Waals surface area contributed by atoms with Gasteiger partial charge < -0.3 is 5.32 Å². The largest absolute Gasteiger partial charge is 0.307 e. The number of rotatable bonds is 2. The van der Waals surface area contributed by atoms with E-state index in [1.54, 1.807) is 6.07 Å². The third kappa shape index (κ3) is 2.88. The molecule has 3 nitrogen and oxygen atoms in total. The molecule has 1 aromatic carbocycles. The molecule has 0 saturated heterocycles. The Bertz CT molecular complexity index is 621. The van der Waals surface area contributed by atoms with Crippen molar-refractivity contribution >= 4 is 9.84 Å². The summed E-state index contributed by atoms with van der Waals surface area (Å²) in [7, 11) is -3.08. The lowest BCUT2D eigenvalue weighted by atomic mass is 9.73. The highest BCUT2D eigenvalue weighted by Gasteiger charge is 2.36. The van der Waals surface area contributed by atoms with Crippen molar-refractivity contribution in [1.29, 1.82) is 0 Å². The van der Waals surface area contributed by atoms with Crippen molar-refractivity contribution in [2.75, 3.05) is 5.75 Å². The summed E-state index contributed by atoms with van der Waals surface area (Å²) in [5, 5.41) is 3.78. The molecule has 0 bridgehead atoms. The van der Waals surface area contributed by atoms with E-state index in [1.165, 1.54) is 25.7 Å². The van der Waals surface area contributed by atoms with Gasteiger partial charge in [0.1, 0.15) is 0 Å². The van der Waals surface area contributed by atoms with E-state index in [2.05, 4.69) is 19.2 Å². The summed E-state index contributed by atoms with van der Waals surface area (Å²) in [4.78, 5) is 0.530. The molecule has 2 atom stereocenters. The summed E-state index contributed by atoms with van der Waals surface area (Å²) in [6.45, 7) is 4.66. The first-order valence-corrected chi connectivity index (χ1v) is 9.63. The molecule has 116 valence electrons. The van der Waals surface area contributed by atoms with Crippen molar-refractivity contribution in [1.82, 2.24) is 5.32 Å². The van der Waals surface area contributed by atoms with Gasteiger partial charge in [0.2, 0.25) is 0 Å². The number of hydrogen-bond acceptors (Lipinski definition) is 3. The fraction of sp³-hybridized carbons (Fsp3) is 0.647. The van der Waals surface area contributed by atoms with Crippen LogP contribution in [0.2, 0.25) is 0 Å². The SMILES string of the molecule is CC1(C)CCCCC1NC1CCS(=O)(=O)c2ccccc21. The minimum Gasteiger partial charge on any atom is -0.307 e. The molecule has 2 aliphatic rings. The minimum absolute atomic E-state index is 0.173. The standard InChI is InChI=1S/C17H25NO2S/c1-17(2)11-6-5-9-16(17)18-14-10-12-21(19,20)15-8-4-3-7-13(14)15/h3-4,7-8,14,16,18H,5-6,9-12H2,1-2H3. The Labute approximate surface area is 128 Å². The molecular formula is C17H25NO2S. The van der Waals surface area contributed by atoms with Crippen molar-refractivity contribution in [3.8, 4) is 0 Å². The monoisotopic (exact) mass is 307 g/mol. The number of sulfone groups is 1. The van der Waals surface area contributed by atoms with Crippen LogP contribution in [0.4, 0.5) is 0 Å². The second kappa shape index (κ2) is 5.40. The molecule has 2 unspecified atom stereocenters. The van der Waals surface area contributed by atoms with Gasteiger partial charge in [0.05, 0.1) is 10.6 Å². The van der Waals surface area contributed by atoms with Gasteiger partial charge in [-0.25, -0.2) is 8.42 Å². The second-order valence-corrected chi connectivity index (χ2v) is 9.23. The van der Waals surface area contributed by atoms with Crippen molar-refractivity contribution in [3.63, 3.8) is 0 Å². The quantitative estimate of drug-likeness (QED) is 0.910. The first kappa shape index (κ1) is 15.0. The number of benzene rings is 1. The van der Waals surface area contributed by atoms with E-state index in [0.717, 1.165) is 5.56 Å². The fourth-order valence-corrected chi connectivity index (χ4v) is 5.43. The lowest BCUT2D eigenvalue weighted by Crippen LogP contribution is -2.46. The van der Waals surface area contributed by atoms with Gasteiger partial charge in [0.25, 0.3) is 0 Å². The van der Waals surface area contributed by atoms with E-state index in [9.17, 15) is 8.42 Å². The van der Waals surface area contributed by atoms with Gasteiger partial charge in [-0.15, -0.1) is 0 Å². The smallest absolute Gasteiger partial charge is 0.178 e. The summed E-state index contributed by atoms with van der Waals surface area (Å²) < 4.78 is 24.4. The molecule has 1 saturated carbocycles. The van der Waals surface area contributed by atoms with E-state index in [4.69, 9.17) is 0 Å². The molecule has 1 heterocycles. The van der Waals surface area contributed by atoms with Gasteiger partial charge in [-0.1, -0.05) is 44.9 Å². The van der Waals surface area contributed by atoms with Crippen molar-refractivity contribution in [2.45, 2.75) is 62.9 Å². The molecule has 0 radical (unpaired) electrons. The molecule has 1 N–H and O–H groups in total. The maximum absolute atomic E-state index is 12.2. The molecule has 0 amide bonds. The van der Waals surface area contributed by atoms with Crippen molar-refractivity contribution in [3.05, 3.63) is 29.8 Å². The van der Waals surface area contributed by atoms with E-state index in [-0.39, 0.29) is 11.8 Å². The average molecular weight is 307 g/mol. The third-order valence-electron chi connectivity index (χ3n) is 5.21. The molecule has 1 aromatic rings. The van der Waals surface area contributed by atoms with E-state index in [1.807, 2.05) is 18.2 Å². The van der Waals surface area contributed by atoms with Crippen LogP contribution in [-0.2, 0) is 9.84 Å². The van der Waals surface area contributed by atoms with Gasteiger partial charge in [0.15, 0.2) is 9.84 Å². The molecule has 1 aliphatic heterocycles. The fourth-order valence-electron chi connectivity index (χ4n) is 3.81. The van der Waals surface area contributed by atoms with E-state index >= 15 is 0 Å². The number of nitrogens with one attached hydrogen (secondary N) is 1. The van der Waals surface area contributed by atoms with E-state index in [0.29, 0.717) is 22.8 Å². The van der Waals surface area contributed by atoms with Crippen LogP contribution in [0.1, 0.15) is 57.6 Å². The Hall–Kier alpha value is -0.870. The zero-order chi connectivity index (χ0) is 15.1. The van der Waals surface area contributed by atoms with E-state index < -0.39 is 9.84 Å². The Kier molecular flexibility index (Phi) is 3.87. The Balaban J connectivity index is 1.87. The van der Waals surface area contributed by atoms with Crippen molar-refractivity contribution in [2.24, 2.45) is 5.41 Å². The van der Waals surface area contributed by atoms with Crippen LogP contribution >= 0.6 is 0 Å². The molecular weight excluding hydrogens is 282 g/mol. The first-order valence-electron chi connectivity index (χ1n) is 7.98. The molecule has 1 aliphatic carbocycles. The van der Waals surface area contributed by atoms with Crippen LogP contribution < -0.4 is 5.32 Å². The first-order chi connectivity index (χ1) is 9.90. The van der Waals surface area contributed by atoms with Gasteiger partial charge >= 0.3 is 0 Å². The van der Waals surface area contributed by atoms with Crippen LogP contribution in [0.3, 0.4) is 0 Å². The molecule has 21 heavy (non-hydrogen) atoms. The van der Waals surface area contributed by atoms with Crippen LogP contribution in [0.15, 0.2) is 29.2 Å². The topological polar surface area (TPSA) is 46.2 Å². The summed E-state index contributed by atoms with van der Waals surface area (Å²) in [5.74, 6) is 0.259. The number of fused-ring (bicyclic) bond motifs is 1. The zero-order valence-corrected chi connectivity index (χ0v) is 13.7. The lowest BCUT2D eigenvalue weighted by Gasteiger charge is -2.42. The minimum atomic E-state index is -3.08. The molecule has 0 aromatic heterocycles. The van der Waals surface area contributed by atoms with Crippen molar-refractivity contribution < 1.29 is 8.42 Å². The Morgan fingerprint density at radius 3 is 2.67 bits per heavy atom. The van der Waals surface area contributed by atoms with Crippen LogP contribution in [-0.4, -0.2) is 20.2 Å². The zero-order valence-electron chi connectivity index (χ0n) is 12.9. The average Bonchev–Trinajstić information content (AvgIpc) is 2.44.